The molecule has 3 rings (SSSR count). The number of amides is 2. The normalized spacial score (nSPS) is 10.5. The van der Waals surface area contributed by atoms with E-state index in [1.807, 2.05) is 23.6 Å². The van der Waals surface area contributed by atoms with Crippen molar-refractivity contribution in [1.82, 2.24) is 25.4 Å². The Labute approximate surface area is 153 Å². The lowest BCUT2D eigenvalue weighted by Gasteiger charge is -2.09. The number of hydrogen-bond donors (Lipinski definition) is 2. The Morgan fingerprint density at radius 3 is 2.54 bits per heavy atom. The van der Waals surface area contributed by atoms with Gasteiger partial charge in [0.05, 0.1) is 6.54 Å². The van der Waals surface area contributed by atoms with Crippen LogP contribution in [0.2, 0.25) is 0 Å². The lowest BCUT2D eigenvalue weighted by atomic mass is 10.0. The van der Waals surface area contributed by atoms with Crippen LogP contribution in [0.15, 0.2) is 54.9 Å². The first-order valence-electron chi connectivity index (χ1n) is 8.70. The first kappa shape index (κ1) is 17.7. The Kier molecular flexibility index (Phi) is 5.63. The van der Waals surface area contributed by atoms with Gasteiger partial charge in [-0.2, -0.15) is 0 Å². The van der Waals surface area contributed by atoms with Gasteiger partial charge in [0.15, 0.2) is 5.82 Å². The maximum atomic E-state index is 12.0. The molecule has 2 N–H and O–H groups in total. The predicted octanol–water partition coefficient (Wildman–Crippen LogP) is 3.27. The Hall–Kier alpha value is -3.15. The van der Waals surface area contributed by atoms with Crippen molar-refractivity contribution >= 4 is 6.03 Å². The van der Waals surface area contributed by atoms with Crippen LogP contribution in [0.1, 0.15) is 23.9 Å². The SMILES string of the molecule is CCn1cnnc1CNC(=O)NCc1cccc(-c2cccc(C)c2)c1. The molecule has 2 aromatic carbocycles. The second-order valence-corrected chi connectivity index (χ2v) is 6.14. The fourth-order valence-corrected chi connectivity index (χ4v) is 2.77. The van der Waals surface area contributed by atoms with Crippen LogP contribution in [-0.4, -0.2) is 20.8 Å². The average molecular weight is 349 g/mol. The lowest BCUT2D eigenvalue weighted by molar-refractivity contribution is 0.239. The summed E-state index contributed by atoms with van der Waals surface area (Å²) >= 11 is 0. The number of aryl methyl sites for hydroxylation is 2. The monoisotopic (exact) mass is 349 g/mol. The zero-order valence-electron chi connectivity index (χ0n) is 15.1. The molecule has 2 amide bonds. The van der Waals surface area contributed by atoms with Crippen LogP contribution in [0.4, 0.5) is 4.79 Å². The molecule has 6 heteroatoms. The summed E-state index contributed by atoms with van der Waals surface area (Å²) in [6.45, 7) is 5.68. The molecule has 134 valence electrons. The highest BCUT2D eigenvalue weighted by atomic mass is 16.2. The zero-order valence-corrected chi connectivity index (χ0v) is 15.1. The molecule has 3 aromatic rings. The topological polar surface area (TPSA) is 71.8 Å². The zero-order chi connectivity index (χ0) is 18.4. The summed E-state index contributed by atoms with van der Waals surface area (Å²) in [5.74, 6) is 0.740. The maximum absolute atomic E-state index is 12.0. The van der Waals surface area contributed by atoms with Crippen LogP contribution in [-0.2, 0) is 19.6 Å². The third-order valence-electron chi connectivity index (χ3n) is 4.17. The van der Waals surface area contributed by atoms with E-state index in [1.54, 1.807) is 6.33 Å². The van der Waals surface area contributed by atoms with E-state index in [0.29, 0.717) is 13.1 Å². The molecule has 0 aliphatic carbocycles. The minimum absolute atomic E-state index is 0.225. The largest absolute Gasteiger partial charge is 0.334 e. The van der Waals surface area contributed by atoms with Gasteiger partial charge in [0.25, 0.3) is 0 Å². The highest BCUT2D eigenvalue weighted by Crippen LogP contribution is 2.21. The number of nitrogens with one attached hydrogen (secondary N) is 2. The second-order valence-electron chi connectivity index (χ2n) is 6.14. The average Bonchev–Trinajstić information content (AvgIpc) is 3.12. The Morgan fingerprint density at radius 2 is 1.77 bits per heavy atom. The molecule has 1 aromatic heterocycles. The molecule has 0 unspecified atom stereocenters. The van der Waals surface area contributed by atoms with Crippen molar-refractivity contribution in [2.24, 2.45) is 0 Å². The fraction of sp³-hybridized carbons (Fsp3) is 0.250. The standard InChI is InChI=1S/C20H23N5O/c1-3-25-14-23-24-19(25)13-22-20(26)21-12-16-7-5-9-18(11-16)17-8-4-6-15(2)10-17/h4-11,14H,3,12-13H2,1-2H3,(H2,21,22,26). The minimum Gasteiger partial charge on any atom is -0.334 e. The molecule has 0 radical (unpaired) electrons. The summed E-state index contributed by atoms with van der Waals surface area (Å²) in [6, 6.07) is 16.4. The molecule has 0 fully saturated rings. The molecule has 26 heavy (non-hydrogen) atoms. The number of carbonyl (C=O) groups is 1. The van der Waals surface area contributed by atoms with Crippen molar-refractivity contribution in [3.63, 3.8) is 0 Å². The number of rotatable bonds is 6. The summed E-state index contributed by atoms with van der Waals surface area (Å²) in [4.78, 5) is 12.0. The van der Waals surface area contributed by atoms with E-state index < -0.39 is 0 Å². The van der Waals surface area contributed by atoms with Crippen molar-refractivity contribution < 1.29 is 4.79 Å². The molecule has 1 heterocycles. The van der Waals surface area contributed by atoms with Gasteiger partial charge in [0.1, 0.15) is 6.33 Å². The summed E-state index contributed by atoms with van der Waals surface area (Å²) in [7, 11) is 0. The van der Waals surface area contributed by atoms with Gasteiger partial charge >= 0.3 is 6.03 Å². The number of nitrogens with zero attached hydrogens (tertiary/aromatic N) is 3. The summed E-state index contributed by atoms with van der Waals surface area (Å²) in [5.41, 5.74) is 4.60. The van der Waals surface area contributed by atoms with Gasteiger partial charge in [-0.1, -0.05) is 48.0 Å². The number of carbonyl (C=O) groups excluding carboxylic acids is 1. The predicted molar refractivity (Wildman–Crippen MR) is 101 cm³/mol. The quantitative estimate of drug-likeness (QED) is 0.717. The first-order chi connectivity index (χ1) is 12.7. The van der Waals surface area contributed by atoms with E-state index in [1.165, 1.54) is 11.1 Å². The van der Waals surface area contributed by atoms with Crippen molar-refractivity contribution in [3.8, 4) is 11.1 Å². The maximum Gasteiger partial charge on any atom is 0.315 e. The summed E-state index contributed by atoms with van der Waals surface area (Å²) < 4.78 is 1.89. The number of benzene rings is 2. The minimum atomic E-state index is -0.225. The smallest absolute Gasteiger partial charge is 0.315 e. The number of urea groups is 1. The van der Waals surface area contributed by atoms with Crippen molar-refractivity contribution in [2.45, 2.75) is 33.5 Å². The Morgan fingerprint density at radius 1 is 1.04 bits per heavy atom. The first-order valence-corrected chi connectivity index (χ1v) is 8.70. The van der Waals surface area contributed by atoms with Gasteiger partial charge in [-0.25, -0.2) is 4.79 Å². The third kappa shape index (κ3) is 4.47. The van der Waals surface area contributed by atoms with Crippen molar-refractivity contribution in [3.05, 3.63) is 71.8 Å². The van der Waals surface area contributed by atoms with E-state index >= 15 is 0 Å². The second kappa shape index (κ2) is 8.29. The van der Waals surface area contributed by atoms with E-state index in [9.17, 15) is 4.79 Å². The van der Waals surface area contributed by atoms with Crippen molar-refractivity contribution in [1.29, 1.82) is 0 Å². The van der Waals surface area contributed by atoms with Gasteiger partial charge in [-0.05, 0) is 36.6 Å². The van der Waals surface area contributed by atoms with Crippen LogP contribution in [0.5, 0.6) is 0 Å². The van der Waals surface area contributed by atoms with Crippen LogP contribution in [0.25, 0.3) is 11.1 Å². The molecule has 0 saturated carbocycles. The van der Waals surface area contributed by atoms with Gasteiger partial charge in [-0.3, -0.25) is 0 Å². The molecular weight excluding hydrogens is 326 g/mol. The van der Waals surface area contributed by atoms with E-state index in [4.69, 9.17) is 0 Å². The molecule has 0 aliphatic rings. The molecule has 0 spiro atoms. The van der Waals surface area contributed by atoms with Gasteiger partial charge in [0.2, 0.25) is 0 Å². The van der Waals surface area contributed by atoms with Crippen LogP contribution in [0.3, 0.4) is 0 Å². The number of aromatic nitrogens is 3. The van der Waals surface area contributed by atoms with E-state index in [2.05, 4.69) is 64.2 Å². The molecule has 0 saturated heterocycles. The number of hydrogen-bond acceptors (Lipinski definition) is 3. The van der Waals surface area contributed by atoms with Crippen LogP contribution >= 0.6 is 0 Å². The van der Waals surface area contributed by atoms with Crippen molar-refractivity contribution in [2.75, 3.05) is 0 Å². The highest BCUT2D eigenvalue weighted by Gasteiger charge is 2.06. The van der Waals surface area contributed by atoms with Gasteiger partial charge < -0.3 is 15.2 Å². The fourth-order valence-electron chi connectivity index (χ4n) is 2.77. The third-order valence-corrected chi connectivity index (χ3v) is 4.17. The molecule has 6 nitrogen and oxygen atoms in total. The van der Waals surface area contributed by atoms with Gasteiger partial charge in [0, 0.05) is 13.1 Å². The summed E-state index contributed by atoms with van der Waals surface area (Å²) in [5, 5.41) is 13.5. The molecule has 0 bridgehead atoms. The van der Waals surface area contributed by atoms with E-state index in [0.717, 1.165) is 23.5 Å². The Balaban J connectivity index is 1.56. The van der Waals surface area contributed by atoms with E-state index in [-0.39, 0.29) is 6.03 Å². The highest BCUT2D eigenvalue weighted by molar-refractivity contribution is 5.74. The molecule has 0 atom stereocenters. The molecule has 0 aliphatic heterocycles. The summed E-state index contributed by atoms with van der Waals surface area (Å²) in [6.07, 6.45) is 1.66. The molecular formula is C20H23N5O. The Bertz CT molecular complexity index is 887. The lowest BCUT2D eigenvalue weighted by Crippen LogP contribution is -2.35. The van der Waals surface area contributed by atoms with Crippen LogP contribution in [0, 0.1) is 6.92 Å². The van der Waals surface area contributed by atoms with Gasteiger partial charge in [-0.15, -0.1) is 10.2 Å². The van der Waals surface area contributed by atoms with Crippen LogP contribution < -0.4 is 10.6 Å².